The fraction of sp³-hybridized carbons (Fsp3) is 0. The summed E-state index contributed by atoms with van der Waals surface area (Å²) in [5.74, 6) is 0. The molecule has 242 valence electrons. The van der Waals surface area contributed by atoms with Gasteiger partial charge in [0.05, 0.1) is 11.6 Å². The molecule has 10 aromatic rings. The zero-order chi connectivity index (χ0) is 34.6. The van der Waals surface area contributed by atoms with Gasteiger partial charge in [-0.3, -0.25) is 0 Å². The van der Waals surface area contributed by atoms with E-state index in [9.17, 15) is 5.26 Å². The molecule has 0 atom stereocenters. The van der Waals surface area contributed by atoms with Gasteiger partial charge >= 0.3 is 0 Å². The van der Waals surface area contributed by atoms with Gasteiger partial charge in [-0.05, 0) is 116 Å². The highest BCUT2D eigenvalue weighted by Crippen LogP contribution is 2.46. The second-order valence-electron chi connectivity index (χ2n) is 13.2. The van der Waals surface area contributed by atoms with Crippen molar-refractivity contribution in [1.82, 2.24) is 0 Å². The van der Waals surface area contributed by atoms with Crippen molar-refractivity contribution in [3.05, 3.63) is 181 Å². The van der Waals surface area contributed by atoms with Crippen molar-refractivity contribution in [2.24, 2.45) is 0 Å². The van der Waals surface area contributed by atoms with E-state index in [1.165, 1.54) is 68.2 Å². The van der Waals surface area contributed by atoms with Crippen LogP contribution in [0.4, 0.5) is 0 Å². The van der Waals surface area contributed by atoms with Crippen LogP contribution in [-0.4, -0.2) is 0 Å². The summed E-state index contributed by atoms with van der Waals surface area (Å²) in [5, 5.41) is 15.3. The number of benzene rings is 8. The molecule has 10 rings (SSSR count). The Kier molecular flexibility index (Phi) is 7.32. The fourth-order valence-corrected chi connectivity index (χ4v) is 9.86. The Morgan fingerprint density at radius 3 is 1.46 bits per heavy atom. The van der Waals surface area contributed by atoms with Crippen molar-refractivity contribution in [2.75, 3.05) is 0 Å². The molecule has 52 heavy (non-hydrogen) atoms. The maximum atomic E-state index is 10.2. The largest absolute Gasteiger partial charge is 0.192 e. The first kappa shape index (κ1) is 30.5. The third-order valence-corrected chi connectivity index (χ3v) is 12.4. The molecule has 0 saturated carbocycles. The molecule has 2 heterocycles. The monoisotopic (exact) mass is 695 g/mol. The van der Waals surface area contributed by atoms with E-state index in [4.69, 9.17) is 0 Å². The molecular weight excluding hydrogens is 667 g/mol. The van der Waals surface area contributed by atoms with Crippen LogP contribution >= 0.6 is 22.7 Å². The molecule has 0 saturated heterocycles. The second-order valence-corrected chi connectivity index (χ2v) is 15.3. The summed E-state index contributed by atoms with van der Waals surface area (Å²) >= 11 is 3.69. The van der Waals surface area contributed by atoms with Gasteiger partial charge in [-0.1, -0.05) is 115 Å². The normalized spacial score (nSPS) is 11.4. The number of hydrogen-bond donors (Lipinski definition) is 0. The smallest absolute Gasteiger partial charge is 0.0998 e. The van der Waals surface area contributed by atoms with Crippen LogP contribution < -0.4 is 0 Å². The molecule has 3 heteroatoms. The average Bonchev–Trinajstić information content (AvgIpc) is 3.78. The van der Waals surface area contributed by atoms with Gasteiger partial charge in [-0.2, -0.15) is 5.26 Å². The lowest BCUT2D eigenvalue weighted by Crippen LogP contribution is -1.93. The minimum absolute atomic E-state index is 0.664. The molecule has 0 amide bonds. The molecule has 0 aliphatic rings. The summed E-state index contributed by atoms with van der Waals surface area (Å²) in [5.41, 5.74) is 11.9. The van der Waals surface area contributed by atoms with Crippen molar-refractivity contribution < 1.29 is 0 Å². The predicted octanol–water partition coefficient (Wildman–Crippen LogP) is 14.6. The van der Waals surface area contributed by atoms with E-state index in [0.717, 1.165) is 27.8 Å². The summed E-state index contributed by atoms with van der Waals surface area (Å²) in [6, 6.07) is 65.8. The lowest BCUT2D eigenvalue weighted by atomic mass is 9.84. The third kappa shape index (κ3) is 5.12. The highest BCUT2D eigenvalue weighted by molar-refractivity contribution is 7.26. The SMILES string of the molecule is N#Cc1ccccc1-c1cc(-c2ccccc2)cc(-c2c(-c3ccc4sc5ccccc5c4c3)cccc2-c2ccc3sc4ccccc4c3c2)c1. The zero-order valence-electron chi connectivity index (χ0n) is 28.0. The number of nitrogens with zero attached hydrogens (tertiary/aromatic N) is 1. The van der Waals surface area contributed by atoms with Gasteiger partial charge in [0.2, 0.25) is 0 Å². The van der Waals surface area contributed by atoms with Crippen LogP contribution in [0.1, 0.15) is 5.56 Å². The Morgan fingerprint density at radius 1 is 0.327 bits per heavy atom. The molecule has 0 aliphatic heterocycles. The standard InChI is InChI=1S/C49H29NS2/c50-30-34-13-4-5-14-38(34)36-25-35(31-11-2-1-3-12-31)26-37(27-36)49-39(32-21-23-47-43(28-32)41-15-6-8-19-45(41)51-47)17-10-18-40(49)33-22-24-48-44(29-33)42-16-7-9-20-46(42)52-48/h1-29H. The number of thiophene rings is 2. The van der Waals surface area contributed by atoms with Crippen LogP contribution in [0.15, 0.2) is 176 Å². The molecule has 0 fully saturated rings. The molecular formula is C49H29NS2. The van der Waals surface area contributed by atoms with Crippen molar-refractivity contribution in [3.8, 4) is 61.7 Å². The van der Waals surface area contributed by atoms with Gasteiger partial charge in [0.15, 0.2) is 0 Å². The molecule has 1 nitrogen and oxygen atoms in total. The number of hydrogen-bond acceptors (Lipinski definition) is 3. The maximum absolute atomic E-state index is 10.2. The molecule has 2 aromatic heterocycles. The van der Waals surface area contributed by atoms with E-state index in [0.29, 0.717) is 5.56 Å². The molecule has 0 bridgehead atoms. The molecule has 0 N–H and O–H groups in total. The Hall–Kier alpha value is -6.31. The number of nitriles is 1. The Bertz CT molecular complexity index is 2900. The van der Waals surface area contributed by atoms with E-state index >= 15 is 0 Å². The van der Waals surface area contributed by atoms with Crippen LogP contribution in [-0.2, 0) is 0 Å². The molecule has 0 radical (unpaired) electrons. The lowest BCUT2D eigenvalue weighted by Gasteiger charge is -2.19. The van der Waals surface area contributed by atoms with E-state index in [2.05, 4.69) is 164 Å². The minimum atomic E-state index is 0.664. The summed E-state index contributed by atoms with van der Waals surface area (Å²) in [4.78, 5) is 0. The van der Waals surface area contributed by atoms with Crippen LogP contribution in [0.25, 0.3) is 96.0 Å². The van der Waals surface area contributed by atoms with E-state index in [-0.39, 0.29) is 0 Å². The fourth-order valence-electron chi connectivity index (χ4n) is 7.69. The Balaban J connectivity index is 1.29. The highest BCUT2D eigenvalue weighted by atomic mass is 32.1. The molecule has 0 spiro atoms. The summed E-state index contributed by atoms with van der Waals surface area (Å²) in [7, 11) is 0. The number of fused-ring (bicyclic) bond motifs is 6. The first-order valence-electron chi connectivity index (χ1n) is 17.4. The molecule has 0 unspecified atom stereocenters. The third-order valence-electron chi connectivity index (χ3n) is 10.1. The average molecular weight is 696 g/mol. The van der Waals surface area contributed by atoms with Crippen LogP contribution in [0.2, 0.25) is 0 Å². The summed E-state index contributed by atoms with van der Waals surface area (Å²) < 4.78 is 5.19. The van der Waals surface area contributed by atoms with E-state index in [1.807, 2.05) is 40.9 Å². The molecule has 8 aromatic carbocycles. The Morgan fingerprint density at radius 2 is 0.827 bits per heavy atom. The quantitative estimate of drug-likeness (QED) is 0.176. The molecule has 0 aliphatic carbocycles. The zero-order valence-corrected chi connectivity index (χ0v) is 29.6. The van der Waals surface area contributed by atoms with Crippen LogP contribution in [0.5, 0.6) is 0 Å². The summed E-state index contributed by atoms with van der Waals surface area (Å²) in [6.45, 7) is 0. The predicted molar refractivity (Wildman–Crippen MR) is 224 cm³/mol. The highest BCUT2D eigenvalue weighted by Gasteiger charge is 2.19. The van der Waals surface area contributed by atoms with E-state index in [1.54, 1.807) is 0 Å². The van der Waals surface area contributed by atoms with Gasteiger partial charge in [0, 0.05) is 40.3 Å². The minimum Gasteiger partial charge on any atom is -0.192 e. The van der Waals surface area contributed by atoms with Gasteiger partial charge in [-0.15, -0.1) is 22.7 Å². The Labute approximate surface area is 309 Å². The van der Waals surface area contributed by atoms with Gasteiger partial charge in [0.1, 0.15) is 0 Å². The second kappa shape index (κ2) is 12.5. The number of rotatable bonds is 5. The van der Waals surface area contributed by atoms with Crippen LogP contribution in [0.3, 0.4) is 0 Å². The van der Waals surface area contributed by atoms with E-state index < -0.39 is 0 Å². The first-order valence-corrected chi connectivity index (χ1v) is 19.0. The summed E-state index contributed by atoms with van der Waals surface area (Å²) in [6.07, 6.45) is 0. The van der Waals surface area contributed by atoms with Gasteiger partial charge < -0.3 is 0 Å². The van der Waals surface area contributed by atoms with Crippen molar-refractivity contribution >= 4 is 63.0 Å². The lowest BCUT2D eigenvalue weighted by molar-refractivity contribution is 1.47. The van der Waals surface area contributed by atoms with Crippen molar-refractivity contribution in [3.63, 3.8) is 0 Å². The van der Waals surface area contributed by atoms with Gasteiger partial charge in [0.25, 0.3) is 0 Å². The van der Waals surface area contributed by atoms with Crippen molar-refractivity contribution in [1.29, 1.82) is 5.26 Å². The maximum Gasteiger partial charge on any atom is 0.0998 e. The van der Waals surface area contributed by atoms with Crippen molar-refractivity contribution in [2.45, 2.75) is 0 Å². The van der Waals surface area contributed by atoms with Gasteiger partial charge in [-0.25, -0.2) is 0 Å². The van der Waals surface area contributed by atoms with Crippen LogP contribution in [0, 0.1) is 11.3 Å². The first-order chi connectivity index (χ1) is 25.7. The topological polar surface area (TPSA) is 23.8 Å².